The third-order valence-corrected chi connectivity index (χ3v) is 4.05. The lowest BCUT2D eigenvalue weighted by molar-refractivity contribution is 0.0942. The molecular weight excluding hydrogens is 316 g/mol. The number of benzene rings is 2. The first-order valence-corrected chi connectivity index (χ1v) is 8.12. The summed E-state index contributed by atoms with van der Waals surface area (Å²) in [4.78, 5) is 12.3. The summed E-state index contributed by atoms with van der Waals surface area (Å²) in [7, 11) is 1.59. The van der Waals surface area contributed by atoms with E-state index in [1.165, 1.54) is 5.56 Å². The summed E-state index contributed by atoms with van der Waals surface area (Å²) in [6.45, 7) is 2.60. The Morgan fingerprint density at radius 2 is 1.88 bits per heavy atom. The van der Waals surface area contributed by atoms with Crippen molar-refractivity contribution >= 4 is 5.91 Å². The Morgan fingerprint density at radius 1 is 1.16 bits per heavy atom. The Balaban J connectivity index is 1.67. The van der Waals surface area contributed by atoms with Crippen LogP contribution in [0.4, 0.5) is 0 Å². The molecule has 0 aliphatic heterocycles. The zero-order valence-corrected chi connectivity index (χ0v) is 14.2. The molecule has 0 unspecified atom stereocenters. The van der Waals surface area contributed by atoms with Gasteiger partial charge < -0.3 is 14.6 Å². The highest BCUT2D eigenvalue weighted by atomic mass is 16.5. The predicted molar refractivity (Wildman–Crippen MR) is 95.7 cm³/mol. The molecule has 3 rings (SSSR count). The molecule has 0 fully saturated rings. The average Bonchev–Trinajstić information content (AvgIpc) is 3.16. The Morgan fingerprint density at radius 3 is 2.64 bits per heavy atom. The maximum absolute atomic E-state index is 12.3. The van der Waals surface area contributed by atoms with E-state index in [1.807, 2.05) is 54.6 Å². The molecule has 0 saturated carbocycles. The van der Waals surface area contributed by atoms with E-state index < -0.39 is 0 Å². The number of nitrogens with one attached hydrogen (secondary N) is 1. The number of aromatic nitrogens is 1. The van der Waals surface area contributed by atoms with Gasteiger partial charge in [0.05, 0.1) is 12.7 Å². The van der Waals surface area contributed by atoms with Crippen LogP contribution in [0.25, 0.3) is 11.3 Å². The van der Waals surface area contributed by atoms with E-state index >= 15 is 0 Å². The van der Waals surface area contributed by atoms with Gasteiger partial charge in [0.2, 0.25) is 0 Å². The number of rotatable bonds is 6. The van der Waals surface area contributed by atoms with Gasteiger partial charge in [0.15, 0.2) is 11.5 Å². The van der Waals surface area contributed by atoms with E-state index in [2.05, 4.69) is 17.4 Å². The summed E-state index contributed by atoms with van der Waals surface area (Å²) in [5.74, 6) is 1.13. The zero-order chi connectivity index (χ0) is 17.6. The maximum atomic E-state index is 12.3. The minimum absolute atomic E-state index is 0.214. The fraction of sp³-hybridized carbons (Fsp3) is 0.200. The minimum atomic E-state index is -0.257. The van der Waals surface area contributed by atoms with Crippen LogP contribution in [0.2, 0.25) is 0 Å². The molecular formula is C20H20N2O3. The SMILES string of the molecule is COc1ccccc1-c1cc(C(=O)NC[C@@H](C)c2ccccc2)no1. The average molecular weight is 336 g/mol. The van der Waals surface area contributed by atoms with Gasteiger partial charge in [-0.1, -0.05) is 54.5 Å². The highest BCUT2D eigenvalue weighted by Crippen LogP contribution is 2.29. The highest BCUT2D eigenvalue weighted by molar-refractivity contribution is 5.93. The number of nitrogens with zero attached hydrogens (tertiary/aromatic N) is 1. The van der Waals surface area contributed by atoms with Crippen LogP contribution >= 0.6 is 0 Å². The number of amides is 1. The molecule has 0 spiro atoms. The number of carbonyl (C=O) groups is 1. The summed E-state index contributed by atoms with van der Waals surface area (Å²) in [6.07, 6.45) is 0. The molecule has 0 aliphatic rings. The van der Waals surface area contributed by atoms with Crippen molar-refractivity contribution in [2.45, 2.75) is 12.8 Å². The van der Waals surface area contributed by atoms with Gasteiger partial charge in [0.1, 0.15) is 5.75 Å². The van der Waals surface area contributed by atoms with E-state index in [0.29, 0.717) is 18.1 Å². The monoisotopic (exact) mass is 336 g/mol. The number of carbonyl (C=O) groups excluding carboxylic acids is 1. The summed E-state index contributed by atoms with van der Waals surface area (Å²) >= 11 is 0. The lowest BCUT2D eigenvalue weighted by Gasteiger charge is -2.12. The van der Waals surface area contributed by atoms with Crippen molar-refractivity contribution in [2.75, 3.05) is 13.7 Å². The lowest BCUT2D eigenvalue weighted by atomic mass is 10.0. The fourth-order valence-corrected chi connectivity index (χ4v) is 2.59. The third kappa shape index (κ3) is 3.88. The van der Waals surface area contributed by atoms with Gasteiger partial charge >= 0.3 is 0 Å². The van der Waals surface area contributed by atoms with E-state index in [-0.39, 0.29) is 17.5 Å². The van der Waals surface area contributed by atoms with Gasteiger partial charge in [-0.3, -0.25) is 4.79 Å². The molecule has 25 heavy (non-hydrogen) atoms. The molecule has 0 bridgehead atoms. The van der Waals surface area contributed by atoms with Gasteiger partial charge in [0.25, 0.3) is 5.91 Å². The van der Waals surface area contributed by atoms with Crippen LogP contribution in [0.15, 0.2) is 65.2 Å². The number of para-hydroxylation sites is 1. The van der Waals surface area contributed by atoms with Crippen LogP contribution in [-0.4, -0.2) is 24.7 Å². The van der Waals surface area contributed by atoms with E-state index in [1.54, 1.807) is 13.2 Å². The van der Waals surface area contributed by atoms with Crippen LogP contribution < -0.4 is 10.1 Å². The number of methoxy groups -OCH3 is 1. The Kier molecular flexibility index (Phi) is 5.14. The van der Waals surface area contributed by atoms with E-state index in [0.717, 1.165) is 5.56 Å². The van der Waals surface area contributed by atoms with Crippen molar-refractivity contribution < 1.29 is 14.1 Å². The number of hydrogen-bond donors (Lipinski definition) is 1. The Bertz CT molecular complexity index is 843. The van der Waals surface area contributed by atoms with Gasteiger partial charge in [-0.2, -0.15) is 0 Å². The molecule has 3 aromatic rings. The van der Waals surface area contributed by atoms with Crippen molar-refractivity contribution in [1.29, 1.82) is 0 Å². The maximum Gasteiger partial charge on any atom is 0.273 e. The molecule has 1 aromatic heterocycles. The third-order valence-electron chi connectivity index (χ3n) is 4.05. The lowest BCUT2D eigenvalue weighted by Crippen LogP contribution is -2.27. The van der Waals surface area contributed by atoms with Crippen LogP contribution in [0, 0.1) is 0 Å². The molecule has 1 atom stereocenters. The Labute approximate surface area is 146 Å². The minimum Gasteiger partial charge on any atom is -0.496 e. The smallest absolute Gasteiger partial charge is 0.273 e. The van der Waals surface area contributed by atoms with Gasteiger partial charge in [-0.25, -0.2) is 0 Å². The number of ether oxygens (including phenoxy) is 1. The van der Waals surface area contributed by atoms with Crippen molar-refractivity contribution in [1.82, 2.24) is 10.5 Å². The fourth-order valence-electron chi connectivity index (χ4n) is 2.59. The molecule has 0 radical (unpaired) electrons. The zero-order valence-electron chi connectivity index (χ0n) is 14.2. The molecule has 1 N–H and O–H groups in total. The number of hydrogen-bond acceptors (Lipinski definition) is 4. The quantitative estimate of drug-likeness (QED) is 0.742. The Hall–Kier alpha value is -3.08. The van der Waals surface area contributed by atoms with Crippen LogP contribution in [0.5, 0.6) is 5.75 Å². The summed E-state index contributed by atoms with van der Waals surface area (Å²) in [5, 5.41) is 6.77. The largest absolute Gasteiger partial charge is 0.496 e. The molecule has 1 heterocycles. The van der Waals surface area contributed by atoms with Gasteiger partial charge in [-0.15, -0.1) is 0 Å². The first-order valence-electron chi connectivity index (χ1n) is 8.12. The van der Waals surface area contributed by atoms with Crippen LogP contribution in [0.3, 0.4) is 0 Å². The molecule has 128 valence electrons. The molecule has 1 amide bonds. The topological polar surface area (TPSA) is 64.4 Å². The summed E-state index contributed by atoms with van der Waals surface area (Å²) < 4.78 is 10.6. The molecule has 0 saturated heterocycles. The highest BCUT2D eigenvalue weighted by Gasteiger charge is 2.16. The van der Waals surface area contributed by atoms with Crippen LogP contribution in [-0.2, 0) is 0 Å². The second-order valence-electron chi connectivity index (χ2n) is 5.80. The van der Waals surface area contributed by atoms with Gasteiger partial charge in [0, 0.05) is 12.6 Å². The van der Waals surface area contributed by atoms with E-state index in [4.69, 9.17) is 9.26 Å². The van der Waals surface area contributed by atoms with Crippen LogP contribution in [0.1, 0.15) is 28.9 Å². The molecule has 0 aliphatic carbocycles. The predicted octanol–water partition coefficient (Wildman–Crippen LogP) is 3.88. The van der Waals surface area contributed by atoms with Crippen molar-refractivity contribution in [3.63, 3.8) is 0 Å². The first kappa shape index (κ1) is 16.8. The van der Waals surface area contributed by atoms with E-state index in [9.17, 15) is 4.79 Å². The molecule has 2 aromatic carbocycles. The summed E-state index contributed by atoms with van der Waals surface area (Å²) in [6, 6.07) is 19.1. The first-order chi connectivity index (χ1) is 12.2. The summed E-state index contributed by atoms with van der Waals surface area (Å²) in [5.41, 5.74) is 2.19. The van der Waals surface area contributed by atoms with Gasteiger partial charge in [-0.05, 0) is 23.6 Å². The van der Waals surface area contributed by atoms with Crippen molar-refractivity contribution in [3.05, 3.63) is 71.9 Å². The molecule has 5 nitrogen and oxygen atoms in total. The normalized spacial score (nSPS) is 11.8. The van der Waals surface area contributed by atoms with Crippen molar-refractivity contribution in [3.8, 4) is 17.1 Å². The van der Waals surface area contributed by atoms with Crippen molar-refractivity contribution in [2.24, 2.45) is 0 Å². The standard InChI is InChI=1S/C20H20N2O3/c1-14(15-8-4-3-5-9-15)13-21-20(23)17-12-19(25-22-17)16-10-6-7-11-18(16)24-2/h3-12,14H,13H2,1-2H3,(H,21,23)/t14-/m1/s1. The second-order valence-corrected chi connectivity index (χ2v) is 5.80. The molecule has 5 heteroatoms. The second kappa shape index (κ2) is 7.66.